The number of methoxy groups -OCH3 is 1. The molecule has 5 rings (SSSR count). The van der Waals surface area contributed by atoms with Crippen molar-refractivity contribution in [2.75, 3.05) is 23.9 Å². The number of carbonyl (C=O) groups excluding carboxylic acids is 2. The zero-order valence-corrected chi connectivity index (χ0v) is 21.2. The molecule has 1 atom stereocenters. The Bertz CT molecular complexity index is 1270. The number of benzene rings is 1. The summed E-state index contributed by atoms with van der Waals surface area (Å²) in [5.74, 6) is 2.52. The summed E-state index contributed by atoms with van der Waals surface area (Å²) in [5.41, 5.74) is 1.99. The monoisotopic (exact) mass is 504 g/mol. The Morgan fingerprint density at radius 1 is 1.27 bits per heavy atom. The van der Waals surface area contributed by atoms with E-state index < -0.39 is 0 Å². The molecule has 37 heavy (non-hydrogen) atoms. The Balaban J connectivity index is 1.42. The van der Waals surface area contributed by atoms with E-state index in [4.69, 9.17) is 9.72 Å². The Labute approximate surface area is 215 Å². The van der Waals surface area contributed by atoms with Crippen LogP contribution in [-0.2, 0) is 4.79 Å². The van der Waals surface area contributed by atoms with Gasteiger partial charge in [-0.2, -0.15) is 4.98 Å². The first kappa shape index (κ1) is 24.7. The van der Waals surface area contributed by atoms with Crippen molar-refractivity contribution in [2.45, 2.75) is 64.0 Å². The topological polar surface area (TPSA) is 127 Å². The summed E-state index contributed by atoms with van der Waals surface area (Å²) < 4.78 is 7.55. The largest absolute Gasteiger partial charge is 0.495 e. The lowest BCUT2D eigenvalue weighted by Gasteiger charge is -2.40. The number of hydrogen-bond donors (Lipinski definition) is 2. The number of aromatic nitrogens is 5. The van der Waals surface area contributed by atoms with Crippen molar-refractivity contribution in [2.24, 2.45) is 0 Å². The van der Waals surface area contributed by atoms with E-state index in [0.717, 1.165) is 42.9 Å². The molecule has 11 nitrogen and oxygen atoms in total. The second-order valence-electron chi connectivity index (χ2n) is 9.34. The van der Waals surface area contributed by atoms with Crippen molar-refractivity contribution in [1.29, 1.82) is 0 Å². The van der Waals surface area contributed by atoms with Crippen LogP contribution in [0.5, 0.6) is 5.75 Å². The van der Waals surface area contributed by atoms with Crippen LogP contribution in [0.3, 0.4) is 0 Å². The molecule has 1 amide bonds. The fourth-order valence-corrected chi connectivity index (χ4v) is 5.25. The smallest absolute Gasteiger partial charge is 0.251 e. The second-order valence-corrected chi connectivity index (χ2v) is 9.34. The molecule has 2 aliphatic rings. The van der Waals surface area contributed by atoms with Crippen molar-refractivity contribution < 1.29 is 14.3 Å². The number of amides is 1. The molecule has 0 saturated heterocycles. The van der Waals surface area contributed by atoms with E-state index in [1.807, 2.05) is 4.57 Å². The number of hydrogen-bond acceptors (Lipinski definition) is 9. The van der Waals surface area contributed by atoms with E-state index in [9.17, 15) is 9.59 Å². The van der Waals surface area contributed by atoms with Gasteiger partial charge in [-0.3, -0.25) is 9.36 Å². The normalized spacial score (nSPS) is 16.7. The van der Waals surface area contributed by atoms with Gasteiger partial charge in [0.2, 0.25) is 5.95 Å². The van der Waals surface area contributed by atoms with Gasteiger partial charge in [-0.25, -0.2) is 4.98 Å². The number of nitrogens with one attached hydrogen (secondary N) is 2. The van der Waals surface area contributed by atoms with Gasteiger partial charge in [-0.1, -0.05) is 19.8 Å². The number of aldehydes is 1. The zero-order chi connectivity index (χ0) is 25.8. The summed E-state index contributed by atoms with van der Waals surface area (Å²) in [6.45, 7) is 2.61. The van der Waals surface area contributed by atoms with Crippen molar-refractivity contribution >= 4 is 29.6 Å². The zero-order valence-electron chi connectivity index (χ0n) is 21.2. The third kappa shape index (κ3) is 4.85. The summed E-state index contributed by atoms with van der Waals surface area (Å²) in [7, 11) is 1.56. The van der Waals surface area contributed by atoms with E-state index in [0.29, 0.717) is 48.4 Å². The number of carbonyl (C=O) groups is 2. The molecule has 2 aromatic heterocycles. The molecular formula is C26H32N8O3. The predicted molar refractivity (Wildman–Crippen MR) is 139 cm³/mol. The molecule has 2 N–H and O–H groups in total. The highest BCUT2D eigenvalue weighted by molar-refractivity contribution is 5.95. The summed E-state index contributed by atoms with van der Waals surface area (Å²) >= 11 is 0. The quantitative estimate of drug-likeness (QED) is 0.313. The van der Waals surface area contributed by atoms with Gasteiger partial charge in [0.25, 0.3) is 5.91 Å². The van der Waals surface area contributed by atoms with E-state index in [1.54, 1.807) is 37.8 Å². The minimum absolute atomic E-state index is 0.0970. The predicted octanol–water partition coefficient (Wildman–Crippen LogP) is 3.73. The van der Waals surface area contributed by atoms with Crippen molar-refractivity contribution in [3.8, 4) is 11.4 Å². The average Bonchev–Trinajstić information content (AvgIpc) is 3.63. The summed E-state index contributed by atoms with van der Waals surface area (Å²) in [5, 5.41) is 14.7. The number of nitrogens with zero attached hydrogens (tertiary/aromatic N) is 6. The first-order valence-corrected chi connectivity index (χ1v) is 12.9. The van der Waals surface area contributed by atoms with Crippen LogP contribution in [0, 0.1) is 0 Å². The molecule has 11 heteroatoms. The Kier molecular flexibility index (Phi) is 7.29. The number of fused-ring (bicyclic) bond motifs is 3. The van der Waals surface area contributed by atoms with E-state index in [-0.39, 0.29) is 11.9 Å². The standard InChI is InChI=1S/C26H32N8O3/c1-3-20-24-32-29-16-33(24)21-15-28-26(31-23(21)34(20)18-8-4-5-9-18)30-19-11-10-17(14-22(19)37-2)25(36)27-12-6-7-13-35/h10-11,13-16,18,20H,3-9,12H2,1-2H3,(H,27,36)(H,28,30,31)/t20-/m1/s1. The minimum Gasteiger partial charge on any atom is -0.495 e. The summed E-state index contributed by atoms with van der Waals surface area (Å²) in [6.07, 6.45) is 11.0. The third-order valence-corrected chi connectivity index (χ3v) is 7.06. The highest BCUT2D eigenvalue weighted by atomic mass is 16.5. The summed E-state index contributed by atoms with van der Waals surface area (Å²) in [4.78, 5) is 34.9. The SMILES string of the molecule is CC[C@@H]1c2nncn2-c2cnc(Nc3ccc(C(=O)NCCCC=O)cc3OC)nc2N1C1CCCC1. The van der Waals surface area contributed by atoms with Gasteiger partial charge >= 0.3 is 0 Å². The van der Waals surface area contributed by atoms with Gasteiger partial charge in [-0.05, 0) is 43.9 Å². The van der Waals surface area contributed by atoms with Crippen LogP contribution < -0.4 is 20.3 Å². The first-order chi connectivity index (χ1) is 18.1. The lowest BCUT2D eigenvalue weighted by Crippen LogP contribution is -2.42. The van der Waals surface area contributed by atoms with E-state index in [2.05, 4.69) is 37.6 Å². The highest BCUT2D eigenvalue weighted by Crippen LogP contribution is 2.43. The first-order valence-electron chi connectivity index (χ1n) is 12.9. The Morgan fingerprint density at radius 2 is 2.11 bits per heavy atom. The molecule has 0 unspecified atom stereocenters. The fourth-order valence-electron chi connectivity index (χ4n) is 5.25. The Hall–Kier alpha value is -4.02. The second kappa shape index (κ2) is 10.9. The molecule has 3 heterocycles. The van der Waals surface area contributed by atoms with Crippen LogP contribution in [0.4, 0.5) is 17.5 Å². The van der Waals surface area contributed by atoms with E-state index in [1.165, 1.54) is 12.8 Å². The van der Waals surface area contributed by atoms with Gasteiger partial charge in [0.05, 0.1) is 25.0 Å². The van der Waals surface area contributed by atoms with Crippen molar-refractivity contribution in [1.82, 2.24) is 30.0 Å². The molecule has 1 saturated carbocycles. The van der Waals surface area contributed by atoms with Crippen molar-refractivity contribution in [3.05, 3.63) is 42.1 Å². The molecule has 1 aliphatic carbocycles. The maximum atomic E-state index is 12.5. The Morgan fingerprint density at radius 3 is 2.86 bits per heavy atom. The molecule has 1 aromatic carbocycles. The molecule has 1 fully saturated rings. The van der Waals surface area contributed by atoms with Gasteiger partial charge < -0.3 is 25.1 Å². The van der Waals surface area contributed by atoms with E-state index >= 15 is 0 Å². The molecule has 0 spiro atoms. The van der Waals surface area contributed by atoms with Gasteiger partial charge in [0, 0.05) is 24.6 Å². The average molecular weight is 505 g/mol. The third-order valence-electron chi connectivity index (χ3n) is 7.06. The molecule has 194 valence electrons. The number of unbranched alkanes of at least 4 members (excludes halogenated alkanes) is 1. The van der Waals surface area contributed by atoms with Crippen LogP contribution in [0.1, 0.15) is 74.1 Å². The summed E-state index contributed by atoms with van der Waals surface area (Å²) in [6, 6.07) is 5.68. The molecular weight excluding hydrogens is 472 g/mol. The van der Waals surface area contributed by atoms with Crippen molar-refractivity contribution in [3.63, 3.8) is 0 Å². The van der Waals surface area contributed by atoms with Crippen LogP contribution in [0.2, 0.25) is 0 Å². The van der Waals surface area contributed by atoms with Crippen LogP contribution >= 0.6 is 0 Å². The molecule has 3 aromatic rings. The van der Waals surface area contributed by atoms with Gasteiger partial charge in [0.15, 0.2) is 11.6 Å². The van der Waals surface area contributed by atoms with Crippen LogP contribution in [0.15, 0.2) is 30.7 Å². The maximum absolute atomic E-state index is 12.5. The minimum atomic E-state index is -0.219. The van der Waals surface area contributed by atoms with Gasteiger partial charge in [0.1, 0.15) is 24.1 Å². The lowest BCUT2D eigenvalue weighted by atomic mass is 10.0. The number of anilines is 3. The maximum Gasteiger partial charge on any atom is 0.251 e. The van der Waals surface area contributed by atoms with Crippen LogP contribution in [0.25, 0.3) is 5.69 Å². The molecule has 0 bridgehead atoms. The number of rotatable bonds is 10. The van der Waals surface area contributed by atoms with Crippen LogP contribution in [-0.4, -0.2) is 56.6 Å². The molecule has 1 aliphatic heterocycles. The molecule has 0 radical (unpaired) electrons. The fraction of sp³-hybridized carbons (Fsp3) is 0.462. The highest BCUT2D eigenvalue weighted by Gasteiger charge is 2.38. The number of ether oxygens (including phenoxy) is 1. The van der Waals surface area contributed by atoms with Gasteiger partial charge in [-0.15, -0.1) is 10.2 Å². The lowest BCUT2D eigenvalue weighted by molar-refractivity contribution is -0.107.